The van der Waals surface area contributed by atoms with E-state index in [4.69, 9.17) is 0 Å². The summed E-state index contributed by atoms with van der Waals surface area (Å²) in [6.07, 6.45) is 0. The van der Waals surface area contributed by atoms with Gasteiger partial charge in [-0.3, -0.25) is 4.79 Å². The van der Waals surface area contributed by atoms with Crippen molar-refractivity contribution < 1.29 is 17.6 Å². The number of sulfonamides is 1. The van der Waals surface area contributed by atoms with Gasteiger partial charge in [-0.15, -0.1) is 10.2 Å². The lowest BCUT2D eigenvalue weighted by Gasteiger charge is -2.34. The van der Waals surface area contributed by atoms with Crippen LogP contribution >= 0.6 is 11.8 Å². The van der Waals surface area contributed by atoms with Crippen LogP contribution in [0.5, 0.6) is 0 Å². The summed E-state index contributed by atoms with van der Waals surface area (Å²) in [4.78, 5) is 14.6. The minimum atomic E-state index is -3.55. The van der Waals surface area contributed by atoms with Crippen molar-refractivity contribution in [1.29, 1.82) is 0 Å². The highest BCUT2D eigenvalue weighted by Gasteiger charge is 2.30. The van der Waals surface area contributed by atoms with Crippen molar-refractivity contribution in [2.45, 2.75) is 10.1 Å². The minimum absolute atomic E-state index is 0.0851. The average molecular weight is 476 g/mol. The van der Waals surface area contributed by atoms with Gasteiger partial charge in [0.25, 0.3) is 0 Å². The predicted octanol–water partition coefficient (Wildman–Crippen LogP) is 2.25. The molecule has 1 amide bonds. The van der Waals surface area contributed by atoms with Gasteiger partial charge in [-0.05, 0) is 36.4 Å². The Hall–Kier alpha value is -2.76. The van der Waals surface area contributed by atoms with Crippen LogP contribution in [0.15, 0.2) is 64.6 Å². The summed E-state index contributed by atoms with van der Waals surface area (Å²) < 4.78 is 41.8. The van der Waals surface area contributed by atoms with Gasteiger partial charge in [-0.25, -0.2) is 12.8 Å². The van der Waals surface area contributed by atoms with E-state index in [-0.39, 0.29) is 35.5 Å². The molecule has 1 saturated heterocycles. The topological polar surface area (TPSA) is 88.4 Å². The van der Waals surface area contributed by atoms with Gasteiger partial charge in [-0.2, -0.15) is 4.31 Å². The second-order valence-electron chi connectivity index (χ2n) is 7.26. The molecule has 0 atom stereocenters. The van der Waals surface area contributed by atoms with E-state index < -0.39 is 10.0 Å². The Morgan fingerprint density at radius 3 is 2.31 bits per heavy atom. The summed E-state index contributed by atoms with van der Waals surface area (Å²) in [7, 11) is -1.76. The number of aromatic nitrogens is 3. The first-order valence-corrected chi connectivity index (χ1v) is 12.4. The standard InChI is InChI=1S/C21H22FN5O3S2/c1-25-20(16-7-9-17(22)10-8-16)23-24-21(25)31-15-19(28)26-11-13-27(14-12-26)32(29,30)18-5-3-2-4-6-18/h2-10H,11-15H2,1H3. The van der Waals surface area contributed by atoms with E-state index in [9.17, 15) is 17.6 Å². The quantitative estimate of drug-likeness (QED) is 0.508. The highest BCUT2D eigenvalue weighted by atomic mass is 32.2. The molecule has 1 fully saturated rings. The van der Waals surface area contributed by atoms with Gasteiger partial charge in [0.1, 0.15) is 5.82 Å². The first-order chi connectivity index (χ1) is 15.4. The number of hydrogen-bond donors (Lipinski definition) is 0. The van der Waals surface area contributed by atoms with Crippen molar-refractivity contribution in [3.8, 4) is 11.4 Å². The summed E-state index contributed by atoms with van der Waals surface area (Å²) in [6, 6.07) is 14.3. The Labute approximate surface area is 190 Å². The minimum Gasteiger partial charge on any atom is -0.339 e. The Bertz CT molecular complexity index is 1190. The number of piperazine rings is 1. The Morgan fingerprint density at radius 2 is 1.66 bits per heavy atom. The molecule has 4 rings (SSSR count). The lowest BCUT2D eigenvalue weighted by atomic mass is 10.2. The van der Waals surface area contributed by atoms with Crippen LogP contribution in [0, 0.1) is 5.82 Å². The van der Waals surface area contributed by atoms with Crippen molar-refractivity contribution in [2.24, 2.45) is 7.05 Å². The Balaban J connectivity index is 1.33. The van der Waals surface area contributed by atoms with Crippen molar-refractivity contribution in [1.82, 2.24) is 24.0 Å². The molecule has 8 nitrogen and oxygen atoms in total. The highest BCUT2D eigenvalue weighted by Crippen LogP contribution is 2.23. The number of halogens is 1. The monoisotopic (exact) mass is 475 g/mol. The van der Waals surface area contributed by atoms with Gasteiger partial charge in [0.05, 0.1) is 10.6 Å². The van der Waals surface area contributed by atoms with Crippen LogP contribution in [0.2, 0.25) is 0 Å². The molecule has 32 heavy (non-hydrogen) atoms. The zero-order chi connectivity index (χ0) is 22.7. The molecule has 0 radical (unpaired) electrons. The normalized spacial score (nSPS) is 15.1. The first-order valence-electron chi connectivity index (χ1n) is 9.97. The van der Waals surface area contributed by atoms with E-state index in [1.807, 2.05) is 0 Å². The summed E-state index contributed by atoms with van der Waals surface area (Å²) in [5, 5.41) is 8.85. The molecule has 0 saturated carbocycles. The molecule has 2 aromatic carbocycles. The number of thioether (sulfide) groups is 1. The molecule has 168 valence electrons. The summed E-state index contributed by atoms with van der Waals surface area (Å²) in [5.41, 5.74) is 0.732. The van der Waals surface area contributed by atoms with Crippen molar-refractivity contribution in [2.75, 3.05) is 31.9 Å². The van der Waals surface area contributed by atoms with Crippen molar-refractivity contribution in [3.63, 3.8) is 0 Å². The zero-order valence-electron chi connectivity index (χ0n) is 17.4. The molecule has 1 aromatic heterocycles. The molecule has 0 spiro atoms. The van der Waals surface area contributed by atoms with Crippen LogP contribution in [-0.4, -0.2) is 70.2 Å². The Kier molecular flexibility index (Phi) is 6.58. The molecule has 11 heteroatoms. The first kappa shape index (κ1) is 22.4. The van der Waals surface area contributed by atoms with Gasteiger partial charge < -0.3 is 9.47 Å². The maximum Gasteiger partial charge on any atom is 0.243 e. The molecule has 0 unspecified atom stereocenters. The molecule has 0 bridgehead atoms. The highest BCUT2D eigenvalue weighted by molar-refractivity contribution is 7.99. The van der Waals surface area contributed by atoms with Gasteiger partial charge in [0.2, 0.25) is 15.9 Å². The van der Waals surface area contributed by atoms with Crippen molar-refractivity contribution in [3.05, 3.63) is 60.4 Å². The number of carbonyl (C=O) groups is 1. The molecule has 1 aliphatic rings. The lowest BCUT2D eigenvalue weighted by Crippen LogP contribution is -2.50. The van der Waals surface area contributed by atoms with Crippen LogP contribution < -0.4 is 0 Å². The van der Waals surface area contributed by atoms with Gasteiger partial charge in [-0.1, -0.05) is 30.0 Å². The second kappa shape index (κ2) is 9.39. The third kappa shape index (κ3) is 4.69. The number of carbonyl (C=O) groups excluding carboxylic acids is 1. The number of nitrogens with zero attached hydrogens (tertiary/aromatic N) is 5. The molecule has 0 N–H and O–H groups in total. The number of amides is 1. The zero-order valence-corrected chi connectivity index (χ0v) is 19.0. The fourth-order valence-electron chi connectivity index (χ4n) is 3.43. The number of rotatable bonds is 6. The SMILES string of the molecule is Cn1c(SCC(=O)N2CCN(S(=O)(=O)c3ccccc3)CC2)nnc1-c1ccc(F)cc1. The molecule has 2 heterocycles. The largest absolute Gasteiger partial charge is 0.339 e. The van der Waals surface area contributed by atoms with Gasteiger partial charge >= 0.3 is 0 Å². The van der Waals surface area contributed by atoms with Crippen LogP contribution in [0.25, 0.3) is 11.4 Å². The third-order valence-corrected chi connectivity index (χ3v) is 8.15. The van der Waals surface area contributed by atoms with Crippen molar-refractivity contribution >= 4 is 27.7 Å². The van der Waals surface area contributed by atoms with Gasteiger partial charge in [0.15, 0.2) is 11.0 Å². The van der Waals surface area contributed by atoms with E-state index >= 15 is 0 Å². The summed E-state index contributed by atoms with van der Waals surface area (Å²) in [6.45, 7) is 1.19. The fraction of sp³-hybridized carbons (Fsp3) is 0.286. The number of benzene rings is 2. The molecule has 3 aromatic rings. The van der Waals surface area contributed by atoms with Crippen LogP contribution in [0.4, 0.5) is 4.39 Å². The van der Waals surface area contributed by atoms with E-state index in [1.54, 1.807) is 59.0 Å². The van der Waals surface area contributed by atoms with E-state index in [0.29, 0.717) is 24.1 Å². The van der Waals surface area contributed by atoms with Crippen LogP contribution in [0.1, 0.15) is 0 Å². The van der Waals surface area contributed by atoms with E-state index in [1.165, 1.54) is 28.2 Å². The summed E-state index contributed by atoms with van der Waals surface area (Å²) in [5.74, 6) is 0.339. The lowest BCUT2D eigenvalue weighted by molar-refractivity contribution is -0.129. The maximum absolute atomic E-state index is 13.1. The predicted molar refractivity (Wildman–Crippen MR) is 119 cm³/mol. The van der Waals surface area contributed by atoms with Crippen LogP contribution in [0.3, 0.4) is 0 Å². The van der Waals surface area contributed by atoms with Crippen LogP contribution in [-0.2, 0) is 21.9 Å². The smallest absolute Gasteiger partial charge is 0.243 e. The average Bonchev–Trinajstić information content (AvgIpc) is 3.19. The number of hydrogen-bond acceptors (Lipinski definition) is 6. The van der Waals surface area contributed by atoms with Gasteiger partial charge in [0, 0.05) is 38.8 Å². The molecule has 1 aliphatic heterocycles. The summed E-state index contributed by atoms with van der Waals surface area (Å²) >= 11 is 1.26. The third-order valence-electron chi connectivity index (χ3n) is 5.23. The molecular weight excluding hydrogens is 453 g/mol. The molecule has 0 aliphatic carbocycles. The maximum atomic E-state index is 13.1. The Morgan fingerprint density at radius 1 is 1.00 bits per heavy atom. The van der Waals surface area contributed by atoms with E-state index in [0.717, 1.165) is 5.56 Å². The van der Waals surface area contributed by atoms with E-state index in [2.05, 4.69) is 10.2 Å². The fourth-order valence-corrected chi connectivity index (χ4v) is 5.68. The molecular formula is C21H22FN5O3S2. The second-order valence-corrected chi connectivity index (χ2v) is 10.1.